The largest absolute Gasteiger partial charge is 0.392 e. The molecule has 0 bridgehead atoms. The minimum Gasteiger partial charge on any atom is -0.392 e. The summed E-state index contributed by atoms with van der Waals surface area (Å²) in [5, 5.41) is 9.13. The van der Waals surface area contributed by atoms with Crippen LogP contribution in [0.15, 0.2) is 48.7 Å². The smallest absolute Gasteiger partial charge is 0.113 e. The second kappa shape index (κ2) is 5.11. The molecule has 2 heteroatoms. The normalized spacial score (nSPS) is 9.31. The van der Waals surface area contributed by atoms with E-state index in [0.717, 1.165) is 16.8 Å². The van der Waals surface area contributed by atoms with E-state index < -0.39 is 0 Å². The number of aliphatic hydroxyl groups is 1. The Morgan fingerprint density at radius 3 is 2.56 bits per heavy atom. The molecule has 0 unspecified atom stereocenters. The lowest BCUT2D eigenvalue weighted by Crippen LogP contribution is -1.88. The van der Waals surface area contributed by atoms with E-state index in [1.165, 1.54) is 0 Å². The molecule has 0 amide bonds. The molecular weight excluding hydrogens is 198 g/mol. The van der Waals surface area contributed by atoms with Gasteiger partial charge >= 0.3 is 0 Å². The van der Waals surface area contributed by atoms with Gasteiger partial charge in [-0.1, -0.05) is 30.2 Å². The van der Waals surface area contributed by atoms with Crippen LogP contribution in [0.5, 0.6) is 0 Å². The summed E-state index contributed by atoms with van der Waals surface area (Å²) >= 11 is 0. The number of aliphatic hydroxyl groups excluding tert-OH is 1. The first-order chi connectivity index (χ1) is 7.90. The highest BCUT2D eigenvalue weighted by atomic mass is 16.3. The summed E-state index contributed by atoms with van der Waals surface area (Å²) < 4.78 is 0. The molecule has 0 aliphatic rings. The molecule has 0 saturated carbocycles. The second-order valence-corrected chi connectivity index (χ2v) is 3.28. The van der Waals surface area contributed by atoms with Gasteiger partial charge < -0.3 is 5.11 Å². The number of pyridine rings is 1. The van der Waals surface area contributed by atoms with Crippen molar-refractivity contribution < 1.29 is 5.11 Å². The van der Waals surface area contributed by atoms with Gasteiger partial charge in [0.05, 0.1) is 6.61 Å². The van der Waals surface area contributed by atoms with Crippen LogP contribution in [0.1, 0.15) is 16.8 Å². The van der Waals surface area contributed by atoms with Crippen molar-refractivity contribution in [3.05, 3.63) is 65.5 Å². The Balaban J connectivity index is 2.31. The molecule has 0 radical (unpaired) electrons. The van der Waals surface area contributed by atoms with E-state index in [0.29, 0.717) is 0 Å². The number of aromatic nitrogens is 1. The van der Waals surface area contributed by atoms with E-state index in [1.807, 2.05) is 42.5 Å². The highest BCUT2D eigenvalue weighted by molar-refractivity contribution is 5.44. The number of hydrogen-bond acceptors (Lipinski definition) is 2. The van der Waals surface area contributed by atoms with Gasteiger partial charge in [-0.05, 0) is 29.7 Å². The van der Waals surface area contributed by atoms with Gasteiger partial charge in [0.25, 0.3) is 0 Å². The van der Waals surface area contributed by atoms with E-state index in [9.17, 15) is 0 Å². The summed E-state index contributed by atoms with van der Waals surface area (Å²) in [4.78, 5) is 4.11. The fraction of sp³-hybridized carbons (Fsp3) is 0.0714. The van der Waals surface area contributed by atoms with Gasteiger partial charge in [-0.2, -0.15) is 0 Å². The first kappa shape index (κ1) is 10.4. The fourth-order valence-electron chi connectivity index (χ4n) is 1.35. The van der Waals surface area contributed by atoms with Crippen LogP contribution < -0.4 is 0 Å². The molecule has 2 nitrogen and oxygen atoms in total. The van der Waals surface area contributed by atoms with E-state index in [4.69, 9.17) is 5.11 Å². The zero-order valence-corrected chi connectivity index (χ0v) is 8.72. The quantitative estimate of drug-likeness (QED) is 0.728. The van der Waals surface area contributed by atoms with Gasteiger partial charge in [-0.3, -0.25) is 0 Å². The molecule has 1 aromatic heterocycles. The van der Waals surface area contributed by atoms with Crippen LogP contribution in [0, 0.1) is 11.8 Å². The van der Waals surface area contributed by atoms with Crippen LogP contribution in [0.4, 0.5) is 0 Å². The molecular formula is C14H11NO. The Morgan fingerprint density at radius 1 is 1.00 bits per heavy atom. The maximum atomic E-state index is 9.13. The van der Waals surface area contributed by atoms with Crippen molar-refractivity contribution in [1.82, 2.24) is 4.98 Å². The molecule has 0 saturated heterocycles. The van der Waals surface area contributed by atoms with Crippen molar-refractivity contribution in [3.63, 3.8) is 0 Å². The second-order valence-electron chi connectivity index (χ2n) is 3.28. The van der Waals surface area contributed by atoms with Crippen LogP contribution in [0.25, 0.3) is 0 Å². The van der Waals surface area contributed by atoms with Gasteiger partial charge in [0.2, 0.25) is 0 Å². The van der Waals surface area contributed by atoms with Crippen molar-refractivity contribution >= 4 is 0 Å². The summed E-state index contributed by atoms with van der Waals surface area (Å²) in [6.07, 6.45) is 1.71. The van der Waals surface area contributed by atoms with E-state index in [-0.39, 0.29) is 6.61 Å². The van der Waals surface area contributed by atoms with Crippen LogP contribution in [-0.2, 0) is 6.61 Å². The standard InChI is InChI=1S/C14H11NO/c16-11-13-6-2-1-5-12(13)8-9-14-7-3-4-10-15-14/h1-7,10,16H,11H2. The third-order valence-electron chi connectivity index (χ3n) is 2.18. The SMILES string of the molecule is OCc1ccccc1C#Cc1ccccn1. The Morgan fingerprint density at radius 2 is 1.81 bits per heavy atom. The summed E-state index contributed by atoms with van der Waals surface area (Å²) in [6, 6.07) is 13.2. The molecule has 1 N–H and O–H groups in total. The Hall–Kier alpha value is -2.11. The molecule has 2 aromatic rings. The number of hydrogen-bond donors (Lipinski definition) is 1. The average molecular weight is 209 g/mol. The Kier molecular flexibility index (Phi) is 3.32. The Labute approximate surface area is 94.6 Å². The lowest BCUT2D eigenvalue weighted by atomic mass is 10.1. The minimum atomic E-state index is 0.00702. The van der Waals surface area contributed by atoms with Crippen molar-refractivity contribution in [2.75, 3.05) is 0 Å². The molecule has 1 aromatic carbocycles. The topological polar surface area (TPSA) is 33.1 Å². The highest BCUT2D eigenvalue weighted by Crippen LogP contribution is 2.06. The summed E-state index contributed by atoms with van der Waals surface area (Å²) in [7, 11) is 0. The predicted octanol–water partition coefficient (Wildman–Crippen LogP) is 1.97. The molecule has 0 aliphatic carbocycles. The fourth-order valence-corrected chi connectivity index (χ4v) is 1.35. The van der Waals surface area contributed by atoms with Gasteiger partial charge in [0.1, 0.15) is 5.69 Å². The van der Waals surface area contributed by atoms with E-state index in [2.05, 4.69) is 16.8 Å². The monoisotopic (exact) mass is 209 g/mol. The molecule has 1 heterocycles. The Bertz CT molecular complexity index is 523. The number of rotatable bonds is 1. The third kappa shape index (κ3) is 2.47. The van der Waals surface area contributed by atoms with Crippen molar-refractivity contribution in [3.8, 4) is 11.8 Å². The van der Waals surface area contributed by atoms with Gasteiger partial charge in [0, 0.05) is 11.8 Å². The van der Waals surface area contributed by atoms with Crippen LogP contribution in [0.3, 0.4) is 0 Å². The minimum absolute atomic E-state index is 0.00702. The molecule has 0 fully saturated rings. The van der Waals surface area contributed by atoms with Crippen LogP contribution in [-0.4, -0.2) is 10.1 Å². The van der Waals surface area contributed by atoms with Crippen LogP contribution >= 0.6 is 0 Å². The number of nitrogens with zero attached hydrogens (tertiary/aromatic N) is 1. The molecule has 78 valence electrons. The van der Waals surface area contributed by atoms with Crippen molar-refractivity contribution in [2.24, 2.45) is 0 Å². The maximum Gasteiger partial charge on any atom is 0.113 e. The molecule has 16 heavy (non-hydrogen) atoms. The number of benzene rings is 1. The first-order valence-electron chi connectivity index (χ1n) is 5.02. The zero-order valence-electron chi connectivity index (χ0n) is 8.72. The van der Waals surface area contributed by atoms with E-state index in [1.54, 1.807) is 6.20 Å². The van der Waals surface area contributed by atoms with Crippen molar-refractivity contribution in [2.45, 2.75) is 6.61 Å². The predicted molar refractivity (Wildman–Crippen MR) is 62.6 cm³/mol. The molecule has 2 rings (SSSR count). The van der Waals surface area contributed by atoms with Gasteiger partial charge in [-0.15, -0.1) is 0 Å². The molecule has 0 aliphatic heterocycles. The molecule has 0 spiro atoms. The van der Waals surface area contributed by atoms with Crippen LogP contribution in [0.2, 0.25) is 0 Å². The lowest BCUT2D eigenvalue weighted by Gasteiger charge is -1.98. The maximum absolute atomic E-state index is 9.13. The summed E-state index contributed by atoms with van der Waals surface area (Å²) in [6.45, 7) is 0.00702. The third-order valence-corrected chi connectivity index (χ3v) is 2.18. The zero-order chi connectivity index (χ0) is 11.2. The highest BCUT2D eigenvalue weighted by Gasteiger charge is 1.95. The first-order valence-corrected chi connectivity index (χ1v) is 5.02. The molecule has 0 atom stereocenters. The lowest BCUT2D eigenvalue weighted by molar-refractivity contribution is 0.281. The van der Waals surface area contributed by atoms with Gasteiger partial charge in [0.15, 0.2) is 0 Å². The average Bonchev–Trinajstić information content (AvgIpc) is 2.38. The van der Waals surface area contributed by atoms with Crippen molar-refractivity contribution in [1.29, 1.82) is 0 Å². The summed E-state index contributed by atoms with van der Waals surface area (Å²) in [5.74, 6) is 5.97. The summed E-state index contributed by atoms with van der Waals surface area (Å²) in [5.41, 5.74) is 2.41. The van der Waals surface area contributed by atoms with Gasteiger partial charge in [-0.25, -0.2) is 4.98 Å². The van der Waals surface area contributed by atoms with E-state index >= 15 is 0 Å².